The minimum Gasteiger partial charge on any atom is -0.496 e. The van der Waals surface area contributed by atoms with Crippen LogP contribution in [0.5, 0.6) is 11.5 Å². The Balaban J connectivity index is 0.00000248. The van der Waals surface area contributed by atoms with Crippen molar-refractivity contribution >= 4 is 11.8 Å². The van der Waals surface area contributed by atoms with Gasteiger partial charge in [0, 0.05) is 39.7 Å². The van der Waals surface area contributed by atoms with Gasteiger partial charge >= 0.3 is 0 Å². The van der Waals surface area contributed by atoms with E-state index in [0.717, 1.165) is 56.6 Å². The lowest BCUT2D eigenvalue weighted by molar-refractivity contribution is -0.131. The van der Waals surface area contributed by atoms with Gasteiger partial charge in [-0.15, -0.1) is 0 Å². The molecule has 1 saturated heterocycles. The van der Waals surface area contributed by atoms with Crippen molar-refractivity contribution in [3.8, 4) is 22.8 Å². The number of rotatable bonds is 14. The zero-order valence-corrected chi connectivity index (χ0v) is 27.2. The molecule has 2 amide bonds. The van der Waals surface area contributed by atoms with Crippen LogP contribution in [0, 0.1) is 0 Å². The number of hydrogen-bond donors (Lipinski definition) is 1. The van der Waals surface area contributed by atoms with E-state index in [4.69, 9.17) is 19.3 Å². The quantitative estimate of drug-likeness (QED) is 0.320. The van der Waals surface area contributed by atoms with Crippen molar-refractivity contribution in [2.75, 3.05) is 61.2 Å². The van der Waals surface area contributed by atoms with Crippen molar-refractivity contribution in [3.63, 3.8) is 0 Å². The van der Waals surface area contributed by atoms with Crippen LogP contribution < -0.4 is 14.8 Å². The number of nitrogens with one attached hydrogen (secondary N) is 1. The van der Waals surface area contributed by atoms with Gasteiger partial charge in [0.25, 0.3) is 5.91 Å². The van der Waals surface area contributed by atoms with Crippen LogP contribution in [0.15, 0.2) is 24.3 Å². The Morgan fingerprint density at radius 3 is 2.28 bits per heavy atom. The van der Waals surface area contributed by atoms with E-state index in [-0.39, 0.29) is 30.3 Å². The summed E-state index contributed by atoms with van der Waals surface area (Å²) in [5, 5.41) is 8.02. The molecule has 0 radical (unpaired) electrons. The Kier molecular flexibility index (Phi) is 14.3. The molecule has 2 aromatic rings. The minimum atomic E-state index is -0.303. The number of benzene rings is 1. The molecule has 1 N–H and O–H groups in total. The number of hydrogen-bond acceptors (Lipinski definition) is 7. The third-order valence-corrected chi connectivity index (χ3v) is 8.38. The lowest BCUT2D eigenvalue weighted by atomic mass is 10.1. The summed E-state index contributed by atoms with van der Waals surface area (Å²) in [6, 6.07) is 7.41. The molecule has 10 nitrogen and oxygen atoms in total. The van der Waals surface area contributed by atoms with Crippen LogP contribution in [0.1, 0.15) is 88.2 Å². The van der Waals surface area contributed by atoms with Gasteiger partial charge in [0.15, 0.2) is 5.69 Å². The van der Waals surface area contributed by atoms with Gasteiger partial charge in [0.05, 0.1) is 38.1 Å². The minimum absolute atomic E-state index is 0.0121. The van der Waals surface area contributed by atoms with E-state index in [1.807, 2.05) is 42.8 Å². The zero-order chi connectivity index (χ0) is 31.2. The van der Waals surface area contributed by atoms with E-state index in [9.17, 15) is 9.59 Å². The Bertz CT molecular complexity index is 1120. The number of likely N-dealkylation sites (tertiary alicyclic amines) is 1. The van der Waals surface area contributed by atoms with Gasteiger partial charge in [0.1, 0.15) is 11.5 Å². The van der Waals surface area contributed by atoms with Gasteiger partial charge in [-0.2, -0.15) is 5.10 Å². The van der Waals surface area contributed by atoms with Crippen molar-refractivity contribution < 1.29 is 23.8 Å². The van der Waals surface area contributed by atoms with Gasteiger partial charge in [-0.05, 0) is 63.4 Å². The molecule has 2 heterocycles. The molecule has 240 valence electrons. The van der Waals surface area contributed by atoms with Crippen molar-refractivity contribution in [2.45, 2.75) is 83.7 Å². The second-order valence-electron chi connectivity index (χ2n) is 11.2. The first kappa shape index (κ1) is 34.4. The third kappa shape index (κ3) is 9.44. The van der Waals surface area contributed by atoms with E-state index in [1.165, 1.54) is 19.3 Å². The first-order chi connectivity index (χ1) is 20.9. The predicted octanol–water partition coefficient (Wildman–Crippen LogP) is 5.18. The fourth-order valence-corrected chi connectivity index (χ4v) is 5.95. The summed E-state index contributed by atoms with van der Waals surface area (Å²) in [7, 11) is 6.67. The van der Waals surface area contributed by atoms with E-state index in [2.05, 4.69) is 10.2 Å². The van der Waals surface area contributed by atoms with Crippen molar-refractivity contribution in [2.24, 2.45) is 0 Å². The molecule has 10 heteroatoms. The lowest BCUT2D eigenvalue weighted by Gasteiger charge is -2.29. The number of methoxy groups -OCH3 is 3. The molecule has 1 atom stereocenters. The maximum atomic E-state index is 13.7. The molecule has 1 saturated carbocycles. The highest BCUT2D eigenvalue weighted by molar-refractivity contribution is 5.94. The highest BCUT2D eigenvalue weighted by Crippen LogP contribution is 2.41. The van der Waals surface area contributed by atoms with Gasteiger partial charge in [0.2, 0.25) is 5.91 Å². The largest absolute Gasteiger partial charge is 0.496 e. The molecule has 4 rings (SSSR count). The lowest BCUT2D eigenvalue weighted by Crippen LogP contribution is -2.43. The fourth-order valence-electron chi connectivity index (χ4n) is 5.95. The summed E-state index contributed by atoms with van der Waals surface area (Å²) in [5.74, 6) is 1.05. The maximum absolute atomic E-state index is 13.7. The number of carbonyl (C=O) groups excluding carboxylic acids is 2. The number of likely N-dealkylation sites (N-methyl/N-ethyl adjacent to an activating group) is 1. The molecule has 1 aliphatic heterocycles. The molecular weight excluding hydrogens is 546 g/mol. The Morgan fingerprint density at radius 1 is 1.02 bits per heavy atom. The summed E-state index contributed by atoms with van der Waals surface area (Å²) in [4.78, 5) is 30.9. The molecule has 0 spiro atoms. The van der Waals surface area contributed by atoms with Crippen LogP contribution in [0.3, 0.4) is 0 Å². The molecule has 0 bridgehead atoms. The van der Waals surface area contributed by atoms with Gasteiger partial charge < -0.3 is 29.3 Å². The molecule has 1 aromatic heterocycles. The fraction of sp³-hybridized carbons (Fsp3) is 0.667. The molecule has 2 fully saturated rings. The first-order valence-electron chi connectivity index (χ1n) is 16.0. The standard InChI is InChI=1S/C31H47N5O5.C2H6/c1-34(19-20-39-2)29(37)21-23(15-18-35-16-8-5-9-17-35)32-31(38)25-22-26(36(33-25)24-11-6-7-12-24)30-27(40-3)13-10-14-28(30)41-4;1-2/h10,13-14,22-24H,5-9,11-12,15-21H2,1-4H3,(H,32,38);1-2H3. The van der Waals surface area contributed by atoms with Crippen LogP contribution in [-0.2, 0) is 9.53 Å². The Labute approximate surface area is 258 Å². The summed E-state index contributed by atoms with van der Waals surface area (Å²) >= 11 is 0. The highest BCUT2D eigenvalue weighted by atomic mass is 16.5. The van der Waals surface area contributed by atoms with Gasteiger partial charge in [-0.1, -0.05) is 39.2 Å². The number of ether oxygens (including phenoxy) is 3. The zero-order valence-electron chi connectivity index (χ0n) is 27.2. The number of amides is 2. The summed E-state index contributed by atoms with van der Waals surface area (Å²) < 4.78 is 18.5. The van der Waals surface area contributed by atoms with Gasteiger partial charge in [-0.25, -0.2) is 0 Å². The summed E-state index contributed by atoms with van der Waals surface area (Å²) in [6.45, 7) is 7.97. The van der Waals surface area contributed by atoms with Crippen LogP contribution in [0.4, 0.5) is 0 Å². The topological polar surface area (TPSA) is 98.2 Å². The molecule has 1 unspecified atom stereocenters. The number of aromatic nitrogens is 2. The Morgan fingerprint density at radius 2 is 1.67 bits per heavy atom. The number of nitrogens with zero attached hydrogens (tertiary/aromatic N) is 4. The first-order valence-corrected chi connectivity index (χ1v) is 16.0. The molecular formula is C33H53N5O5. The number of piperidine rings is 1. The molecule has 1 aromatic carbocycles. The van der Waals surface area contributed by atoms with Crippen LogP contribution >= 0.6 is 0 Å². The SMILES string of the molecule is CC.COCCN(C)C(=O)CC(CCN1CCCCC1)NC(=O)c1cc(-c2c(OC)cccc2OC)n(C2CCCC2)n1. The van der Waals surface area contributed by atoms with E-state index < -0.39 is 0 Å². The Hall–Kier alpha value is -3.11. The third-order valence-electron chi connectivity index (χ3n) is 8.38. The van der Waals surface area contributed by atoms with Crippen LogP contribution in [0.25, 0.3) is 11.3 Å². The second-order valence-corrected chi connectivity index (χ2v) is 11.2. The van der Waals surface area contributed by atoms with Crippen LogP contribution in [0.2, 0.25) is 0 Å². The smallest absolute Gasteiger partial charge is 0.272 e. The summed E-state index contributed by atoms with van der Waals surface area (Å²) in [6.07, 6.45) is 8.87. The van der Waals surface area contributed by atoms with E-state index >= 15 is 0 Å². The molecule has 43 heavy (non-hydrogen) atoms. The predicted molar refractivity (Wildman–Crippen MR) is 170 cm³/mol. The highest BCUT2D eigenvalue weighted by Gasteiger charge is 2.28. The van der Waals surface area contributed by atoms with Crippen LogP contribution in [-0.4, -0.2) is 98.6 Å². The maximum Gasteiger partial charge on any atom is 0.272 e. The average Bonchev–Trinajstić information content (AvgIpc) is 3.74. The van der Waals surface area contributed by atoms with E-state index in [1.54, 1.807) is 33.3 Å². The van der Waals surface area contributed by atoms with Crippen molar-refractivity contribution in [3.05, 3.63) is 30.0 Å². The van der Waals surface area contributed by atoms with Crippen molar-refractivity contribution in [1.29, 1.82) is 0 Å². The normalized spacial score (nSPS) is 16.2. The van der Waals surface area contributed by atoms with Gasteiger partial charge in [-0.3, -0.25) is 14.3 Å². The van der Waals surface area contributed by atoms with E-state index in [0.29, 0.717) is 36.8 Å². The monoisotopic (exact) mass is 599 g/mol. The summed E-state index contributed by atoms with van der Waals surface area (Å²) in [5.41, 5.74) is 1.92. The average molecular weight is 600 g/mol. The molecule has 1 aliphatic carbocycles. The van der Waals surface area contributed by atoms with Crippen molar-refractivity contribution in [1.82, 2.24) is 24.9 Å². The second kappa shape index (κ2) is 17.9. The number of carbonyl (C=O) groups is 2. The molecule has 2 aliphatic rings.